The number of pyridine rings is 1. The first kappa shape index (κ1) is 18.5. The highest BCUT2D eigenvalue weighted by molar-refractivity contribution is 6.08. The quantitative estimate of drug-likeness (QED) is 0.675. The Bertz CT molecular complexity index is 934. The summed E-state index contributed by atoms with van der Waals surface area (Å²) in [5.74, 6) is 1.14. The van der Waals surface area contributed by atoms with Gasteiger partial charge in [-0.3, -0.25) is 4.79 Å². The van der Waals surface area contributed by atoms with Gasteiger partial charge in [0.2, 0.25) is 0 Å². The van der Waals surface area contributed by atoms with Crippen LogP contribution in [0.25, 0.3) is 0 Å². The third kappa shape index (κ3) is 4.26. The van der Waals surface area contributed by atoms with Gasteiger partial charge in [-0.2, -0.15) is 0 Å². The molecule has 0 spiro atoms. The minimum Gasteiger partial charge on any atom is -0.496 e. The summed E-state index contributed by atoms with van der Waals surface area (Å²) in [7, 11) is 1.64. The largest absolute Gasteiger partial charge is 0.496 e. The number of para-hydroxylation sites is 2. The zero-order chi connectivity index (χ0) is 19.2. The fraction of sp³-hybridized carbons (Fsp3) is 0.182. The first-order chi connectivity index (χ1) is 13.1. The summed E-state index contributed by atoms with van der Waals surface area (Å²) in [4.78, 5) is 17.2. The number of hydrogen-bond donors (Lipinski definition) is 2. The maximum atomic E-state index is 12.9. The van der Waals surface area contributed by atoms with Gasteiger partial charge in [0.1, 0.15) is 11.6 Å². The second-order valence-electron chi connectivity index (χ2n) is 6.29. The van der Waals surface area contributed by atoms with Gasteiger partial charge >= 0.3 is 0 Å². The van der Waals surface area contributed by atoms with Gasteiger partial charge < -0.3 is 15.4 Å². The average Bonchev–Trinajstić information content (AvgIpc) is 2.69. The third-order valence-electron chi connectivity index (χ3n) is 4.41. The number of nitrogens with one attached hydrogen (secondary N) is 2. The molecule has 3 aromatic rings. The first-order valence-corrected chi connectivity index (χ1v) is 8.78. The molecule has 138 valence electrons. The van der Waals surface area contributed by atoms with Crippen molar-refractivity contribution in [2.45, 2.75) is 20.4 Å². The lowest BCUT2D eigenvalue weighted by atomic mass is 10.1. The molecule has 27 heavy (non-hydrogen) atoms. The molecular formula is C22H23N3O2. The zero-order valence-corrected chi connectivity index (χ0v) is 15.7. The van der Waals surface area contributed by atoms with Crippen LogP contribution in [0.4, 0.5) is 11.5 Å². The van der Waals surface area contributed by atoms with E-state index in [-0.39, 0.29) is 5.91 Å². The third-order valence-corrected chi connectivity index (χ3v) is 4.41. The number of aromatic nitrogens is 1. The molecule has 0 fully saturated rings. The van der Waals surface area contributed by atoms with Gasteiger partial charge in [-0.15, -0.1) is 0 Å². The van der Waals surface area contributed by atoms with E-state index in [1.54, 1.807) is 25.4 Å². The molecule has 0 aliphatic carbocycles. The number of carbonyl (C=O) groups excluding carboxylic acids is 1. The Hall–Kier alpha value is -3.34. The van der Waals surface area contributed by atoms with Gasteiger partial charge in [0.15, 0.2) is 0 Å². The molecule has 2 aromatic carbocycles. The van der Waals surface area contributed by atoms with Crippen molar-refractivity contribution in [3.8, 4) is 5.75 Å². The summed E-state index contributed by atoms with van der Waals surface area (Å²) < 4.78 is 5.38. The fourth-order valence-corrected chi connectivity index (χ4v) is 2.95. The molecule has 0 bridgehead atoms. The molecule has 2 N–H and O–H groups in total. The summed E-state index contributed by atoms with van der Waals surface area (Å²) in [6, 6.07) is 17.2. The van der Waals surface area contributed by atoms with Crippen molar-refractivity contribution in [1.82, 2.24) is 4.98 Å². The molecule has 0 saturated heterocycles. The Balaban J connectivity index is 1.80. The Kier molecular flexibility index (Phi) is 5.71. The van der Waals surface area contributed by atoms with E-state index in [1.165, 1.54) is 0 Å². The van der Waals surface area contributed by atoms with Gasteiger partial charge in [0.25, 0.3) is 5.91 Å². The first-order valence-electron chi connectivity index (χ1n) is 8.78. The van der Waals surface area contributed by atoms with E-state index in [1.807, 2.05) is 56.3 Å². The molecule has 0 unspecified atom stereocenters. The lowest BCUT2D eigenvalue weighted by Crippen LogP contribution is -2.17. The number of anilines is 2. The smallest absolute Gasteiger partial charge is 0.259 e. The molecule has 0 radical (unpaired) electrons. The molecule has 0 aliphatic heterocycles. The number of benzene rings is 2. The van der Waals surface area contributed by atoms with Crippen molar-refractivity contribution in [3.63, 3.8) is 0 Å². The van der Waals surface area contributed by atoms with Crippen LogP contribution < -0.4 is 15.4 Å². The minimum atomic E-state index is -0.192. The Labute approximate surface area is 159 Å². The second kappa shape index (κ2) is 8.36. The number of aryl methyl sites for hydroxylation is 2. The van der Waals surface area contributed by atoms with E-state index >= 15 is 0 Å². The van der Waals surface area contributed by atoms with E-state index in [9.17, 15) is 4.79 Å². The highest BCUT2D eigenvalue weighted by Crippen LogP contribution is 2.23. The van der Waals surface area contributed by atoms with Crippen molar-refractivity contribution in [2.75, 3.05) is 17.7 Å². The van der Waals surface area contributed by atoms with Gasteiger partial charge in [0, 0.05) is 24.0 Å². The molecule has 0 atom stereocenters. The molecule has 5 heteroatoms. The van der Waals surface area contributed by atoms with Crippen molar-refractivity contribution in [2.24, 2.45) is 0 Å². The SMILES string of the molecule is COc1ccccc1CNc1ncccc1C(=O)Nc1c(C)cccc1C. The molecule has 1 aromatic heterocycles. The van der Waals surface area contributed by atoms with E-state index in [2.05, 4.69) is 15.6 Å². The van der Waals surface area contributed by atoms with E-state index in [0.717, 1.165) is 28.1 Å². The number of carbonyl (C=O) groups is 1. The second-order valence-corrected chi connectivity index (χ2v) is 6.29. The number of methoxy groups -OCH3 is 1. The average molecular weight is 361 g/mol. The van der Waals surface area contributed by atoms with Crippen LogP contribution in [0.1, 0.15) is 27.0 Å². The summed E-state index contributed by atoms with van der Waals surface area (Å²) in [5, 5.41) is 6.26. The van der Waals surface area contributed by atoms with Crippen LogP contribution in [0.5, 0.6) is 5.75 Å². The topological polar surface area (TPSA) is 63.2 Å². The Morgan fingerprint density at radius 3 is 2.48 bits per heavy atom. The lowest BCUT2D eigenvalue weighted by Gasteiger charge is -2.15. The van der Waals surface area contributed by atoms with Crippen LogP contribution in [0.15, 0.2) is 60.8 Å². The maximum absolute atomic E-state index is 12.9. The van der Waals surface area contributed by atoms with Crippen LogP contribution >= 0.6 is 0 Å². The highest BCUT2D eigenvalue weighted by atomic mass is 16.5. The molecule has 1 heterocycles. The standard InChI is InChI=1S/C22H23N3O2/c1-15-8-6-9-16(2)20(15)25-22(26)18-11-7-13-23-21(18)24-14-17-10-4-5-12-19(17)27-3/h4-13H,14H2,1-3H3,(H,23,24)(H,25,26). The number of nitrogens with zero attached hydrogens (tertiary/aromatic N) is 1. The molecule has 0 aliphatic rings. The summed E-state index contributed by atoms with van der Waals surface area (Å²) >= 11 is 0. The number of amides is 1. The predicted molar refractivity (Wildman–Crippen MR) is 108 cm³/mol. The van der Waals surface area contributed by atoms with Gasteiger partial charge in [0.05, 0.1) is 12.7 Å². The highest BCUT2D eigenvalue weighted by Gasteiger charge is 2.15. The van der Waals surface area contributed by atoms with E-state index < -0.39 is 0 Å². The predicted octanol–water partition coefficient (Wildman–Crippen LogP) is 4.57. The van der Waals surface area contributed by atoms with E-state index in [4.69, 9.17) is 4.74 Å². The number of hydrogen-bond acceptors (Lipinski definition) is 4. The van der Waals surface area contributed by atoms with Crippen LogP contribution in [0.3, 0.4) is 0 Å². The lowest BCUT2D eigenvalue weighted by molar-refractivity contribution is 0.102. The zero-order valence-electron chi connectivity index (χ0n) is 15.7. The summed E-state index contributed by atoms with van der Waals surface area (Å²) in [5.41, 5.74) is 4.37. The molecule has 1 amide bonds. The minimum absolute atomic E-state index is 0.192. The maximum Gasteiger partial charge on any atom is 0.259 e. The molecule has 3 rings (SSSR count). The molecule has 0 saturated carbocycles. The van der Waals surface area contributed by atoms with Gasteiger partial charge in [-0.05, 0) is 43.2 Å². The molecular weight excluding hydrogens is 338 g/mol. The normalized spacial score (nSPS) is 10.3. The van der Waals surface area contributed by atoms with Crippen molar-refractivity contribution >= 4 is 17.4 Å². The van der Waals surface area contributed by atoms with Crippen LogP contribution in [0, 0.1) is 13.8 Å². The van der Waals surface area contributed by atoms with Gasteiger partial charge in [-0.25, -0.2) is 4.98 Å². The fourth-order valence-electron chi connectivity index (χ4n) is 2.95. The Morgan fingerprint density at radius 2 is 1.74 bits per heavy atom. The van der Waals surface area contributed by atoms with Crippen molar-refractivity contribution < 1.29 is 9.53 Å². The van der Waals surface area contributed by atoms with Gasteiger partial charge in [-0.1, -0.05) is 36.4 Å². The van der Waals surface area contributed by atoms with Crippen LogP contribution in [-0.4, -0.2) is 18.0 Å². The van der Waals surface area contributed by atoms with Crippen LogP contribution in [0.2, 0.25) is 0 Å². The summed E-state index contributed by atoms with van der Waals surface area (Å²) in [6.45, 7) is 4.46. The summed E-state index contributed by atoms with van der Waals surface area (Å²) in [6.07, 6.45) is 1.67. The van der Waals surface area contributed by atoms with Crippen molar-refractivity contribution in [1.29, 1.82) is 0 Å². The van der Waals surface area contributed by atoms with Crippen LogP contribution in [-0.2, 0) is 6.54 Å². The monoisotopic (exact) mass is 361 g/mol. The van der Waals surface area contributed by atoms with E-state index in [0.29, 0.717) is 17.9 Å². The van der Waals surface area contributed by atoms with Crippen molar-refractivity contribution in [3.05, 3.63) is 83.0 Å². The number of ether oxygens (including phenoxy) is 1. The molecule has 5 nitrogen and oxygen atoms in total. The Morgan fingerprint density at radius 1 is 1.00 bits per heavy atom. The number of rotatable bonds is 6.